The maximum atomic E-state index is 11.8. The van der Waals surface area contributed by atoms with E-state index in [1.54, 1.807) is 0 Å². The summed E-state index contributed by atoms with van der Waals surface area (Å²) in [6, 6.07) is 10.4. The van der Waals surface area contributed by atoms with Crippen LogP contribution in [0.25, 0.3) is 11.2 Å². The number of anilines is 2. The van der Waals surface area contributed by atoms with Crippen molar-refractivity contribution in [3.8, 4) is 0 Å². The first-order chi connectivity index (χ1) is 16.3. The van der Waals surface area contributed by atoms with Gasteiger partial charge < -0.3 is 24.6 Å². The molecule has 34 heavy (non-hydrogen) atoms. The predicted octanol–water partition coefficient (Wildman–Crippen LogP) is 3.79. The van der Waals surface area contributed by atoms with E-state index in [2.05, 4.69) is 57.7 Å². The highest BCUT2D eigenvalue weighted by Gasteiger charge is 2.32. The molecule has 0 radical (unpaired) electrons. The van der Waals surface area contributed by atoms with E-state index in [1.165, 1.54) is 19.3 Å². The number of morpholine rings is 1. The summed E-state index contributed by atoms with van der Waals surface area (Å²) in [6.45, 7) is 8.82. The van der Waals surface area contributed by atoms with Crippen molar-refractivity contribution in [1.29, 1.82) is 0 Å². The molecule has 2 aromatic heterocycles. The van der Waals surface area contributed by atoms with E-state index in [9.17, 15) is 9.90 Å². The monoisotopic (exact) mass is 464 g/mol. The molecule has 2 N–H and O–H groups in total. The molecule has 1 atom stereocenters. The molecule has 1 aliphatic carbocycles. The first-order valence-electron chi connectivity index (χ1n) is 12.0. The normalized spacial score (nSPS) is 19.1. The van der Waals surface area contributed by atoms with Crippen LogP contribution < -0.4 is 10.2 Å². The van der Waals surface area contributed by atoms with Gasteiger partial charge in [0, 0.05) is 19.1 Å². The van der Waals surface area contributed by atoms with Crippen LogP contribution in [0.5, 0.6) is 0 Å². The first kappa shape index (κ1) is 22.6. The third-order valence-corrected chi connectivity index (χ3v) is 6.89. The van der Waals surface area contributed by atoms with Crippen LogP contribution >= 0.6 is 0 Å². The van der Waals surface area contributed by atoms with Crippen molar-refractivity contribution < 1.29 is 14.6 Å². The molecule has 0 bridgehead atoms. The van der Waals surface area contributed by atoms with Crippen LogP contribution in [-0.2, 0) is 11.3 Å². The minimum Gasteiger partial charge on any atom is -0.475 e. The number of fused-ring (bicyclic) bond motifs is 1. The predicted molar refractivity (Wildman–Crippen MR) is 130 cm³/mol. The van der Waals surface area contributed by atoms with Crippen LogP contribution in [0.1, 0.15) is 56.2 Å². The molecule has 9 nitrogen and oxygen atoms in total. The maximum Gasteiger partial charge on any atom is 0.374 e. The molecule has 2 fully saturated rings. The second-order valence-electron chi connectivity index (χ2n) is 10.0. The Morgan fingerprint density at radius 1 is 1.24 bits per heavy atom. The quantitative estimate of drug-likeness (QED) is 0.544. The maximum absolute atomic E-state index is 11.8. The number of nitrogens with zero attached hydrogens (tertiary/aromatic N) is 5. The van der Waals surface area contributed by atoms with E-state index in [4.69, 9.17) is 9.72 Å². The molecule has 1 saturated carbocycles. The lowest BCUT2D eigenvalue weighted by Gasteiger charge is -2.38. The number of ether oxygens (including phenoxy) is 1. The molecule has 0 spiro atoms. The van der Waals surface area contributed by atoms with Crippen LogP contribution in [0.4, 0.5) is 11.8 Å². The molecule has 9 heteroatoms. The van der Waals surface area contributed by atoms with E-state index in [0.717, 1.165) is 17.0 Å². The van der Waals surface area contributed by atoms with Gasteiger partial charge in [-0.1, -0.05) is 36.8 Å². The van der Waals surface area contributed by atoms with Gasteiger partial charge in [0.25, 0.3) is 0 Å². The third-order valence-electron chi connectivity index (χ3n) is 6.89. The minimum absolute atomic E-state index is 0.180. The van der Waals surface area contributed by atoms with Gasteiger partial charge in [0.2, 0.25) is 11.8 Å². The standard InChI is InChI=1S/C25H32N6O3/c1-16(18-10-7-11-18)26-20-19-21(28-22(27-20)23(32)33)29-24(30-12-13-34-25(2,3)15-30)31(19)14-17-8-5-4-6-9-17/h4-6,8-9,16,18H,7,10-15H2,1-3H3,(H,32,33)(H,26,27,28). The Kier molecular flexibility index (Phi) is 5.89. The van der Waals surface area contributed by atoms with Crippen molar-refractivity contribution in [2.24, 2.45) is 5.92 Å². The lowest BCUT2D eigenvalue weighted by atomic mass is 9.80. The van der Waals surface area contributed by atoms with Gasteiger partial charge in [0.05, 0.1) is 18.8 Å². The Morgan fingerprint density at radius 2 is 2.00 bits per heavy atom. The number of rotatable bonds is 7. The molecule has 5 rings (SSSR count). The number of nitrogens with one attached hydrogen (secondary N) is 1. The van der Waals surface area contributed by atoms with Crippen LogP contribution in [0, 0.1) is 5.92 Å². The highest BCUT2D eigenvalue weighted by Crippen LogP contribution is 2.34. The highest BCUT2D eigenvalue weighted by molar-refractivity contribution is 5.91. The Morgan fingerprint density at radius 3 is 2.65 bits per heavy atom. The number of carbonyl (C=O) groups is 1. The Bertz CT molecular complexity index is 1190. The fourth-order valence-electron chi connectivity index (χ4n) is 4.84. The van der Waals surface area contributed by atoms with Crippen molar-refractivity contribution in [2.45, 2.75) is 58.2 Å². The zero-order valence-corrected chi connectivity index (χ0v) is 20.0. The summed E-state index contributed by atoms with van der Waals surface area (Å²) in [4.78, 5) is 27.7. The molecule has 3 heterocycles. The second kappa shape index (κ2) is 8.87. The highest BCUT2D eigenvalue weighted by atomic mass is 16.5. The topological polar surface area (TPSA) is 105 Å². The summed E-state index contributed by atoms with van der Waals surface area (Å²) < 4.78 is 8.04. The summed E-state index contributed by atoms with van der Waals surface area (Å²) in [5, 5.41) is 13.2. The molecule has 180 valence electrons. The molecular weight excluding hydrogens is 432 g/mol. The zero-order chi connectivity index (χ0) is 23.9. The Labute approximate surface area is 199 Å². The van der Waals surface area contributed by atoms with E-state index >= 15 is 0 Å². The van der Waals surface area contributed by atoms with Crippen molar-refractivity contribution in [1.82, 2.24) is 19.5 Å². The molecule has 2 aliphatic rings. The fourth-order valence-corrected chi connectivity index (χ4v) is 4.84. The van der Waals surface area contributed by atoms with Crippen LogP contribution in [0.3, 0.4) is 0 Å². The van der Waals surface area contributed by atoms with Crippen LogP contribution in [-0.4, -0.2) is 61.9 Å². The van der Waals surface area contributed by atoms with Gasteiger partial charge in [0.15, 0.2) is 11.5 Å². The van der Waals surface area contributed by atoms with Gasteiger partial charge >= 0.3 is 5.97 Å². The molecule has 0 amide bonds. The number of carboxylic acids is 1. The SMILES string of the molecule is CC(Nc1nc(C(=O)O)nc2nc(N3CCOC(C)(C)C3)n(Cc3ccccc3)c12)C1CCC1. The summed E-state index contributed by atoms with van der Waals surface area (Å²) in [5.74, 6) is 0.445. The van der Waals surface area contributed by atoms with Crippen LogP contribution in [0.15, 0.2) is 30.3 Å². The van der Waals surface area contributed by atoms with E-state index in [1.807, 2.05) is 18.2 Å². The summed E-state index contributed by atoms with van der Waals surface area (Å²) >= 11 is 0. The van der Waals surface area contributed by atoms with Gasteiger partial charge in [-0.05, 0) is 45.1 Å². The Hall–Kier alpha value is -3.20. The lowest BCUT2D eigenvalue weighted by Crippen LogP contribution is -2.49. The van der Waals surface area contributed by atoms with E-state index in [0.29, 0.717) is 43.6 Å². The number of imidazole rings is 1. The van der Waals surface area contributed by atoms with Gasteiger partial charge in [-0.15, -0.1) is 0 Å². The average Bonchev–Trinajstić information content (AvgIpc) is 3.11. The minimum atomic E-state index is -1.16. The average molecular weight is 465 g/mol. The number of aromatic carboxylic acids is 1. The van der Waals surface area contributed by atoms with Gasteiger partial charge in [-0.2, -0.15) is 4.98 Å². The number of hydrogen-bond donors (Lipinski definition) is 2. The van der Waals surface area contributed by atoms with Gasteiger partial charge in [-0.3, -0.25) is 0 Å². The summed E-state index contributed by atoms with van der Waals surface area (Å²) in [5.41, 5.74) is 1.94. The third kappa shape index (κ3) is 4.44. The molecule has 3 aromatic rings. The van der Waals surface area contributed by atoms with Crippen molar-refractivity contribution in [3.63, 3.8) is 0 Å². The molecular formula is C25H32N6O3. The molecule has 1 unspecified atom stereocenters. The lowest BCUT2D eigenvalue weighted by molar-refractivity contribution is -0.0282. The molecule has 1 aliphatic heterocycles. The smallest absolute Gasteiger partial charge is 0.374 e. The summed E-state index contributed by atoms with van der Waals surface area (Å²) in [7, 11) is 0. The zero-order valence-electron chi connectivity index (χ0n) is 20.0. The number of aromatic nitrogens is 4. The molecule has 1 aromatic carbocycles. The van der Waals surface area contributed by atoms with E-state index < -0.39 is 5.97 Å². The van der Waals surface area contributed by atoms with E-state index in [-0.39, 0.29) is 17.5 Å². The van der Waals surface area contributed by atoms with Crippen molar-refractivity contribution in [3.05, 3.63) is 41.7 Å². The van der Waals surface area contributed by atoms with Crippen molar-refractivity contribution in [2.75, 3.05) is 29.9 Å². The summed E-state index contributed by atoms with van der Waals surface area (Å²) in [6.07, 6.45) is 3.58. The number of benzene rings is 1. The second-order valence-corrected chi connectivity index (χ2v) is 10.0. The fraction of sp³-hybridized carbons (Fsp3) is 0.520. The molecule has 1 saturated heterocycles. The van der Waals surface area contributed by atoms with Crippen LogP contribution in [0.2, 0.25) is 0 Å². The Balaban J connectivity index is 1.66. The van der Waals surface area contributed by atoms with Gasteiger partial charge in [0.1, 0.15) is 5.52 Å². The first-order valence-corrected chi connectivity index (χ1v) is 12.0. The number of hydrogen-bond acceptors (Lipinski definition) is 7. The van der Waals surface area contributed by atoms with Gasteiger partial charge in [-0.25, -0.2) is 14.8 Å². The number of carboxylic acid groups (broad SMARTS) is 1. The largest absolute Gasteiger partial charge is 0.475 e. The van der Waals surface area contributed by atoms with Crippen molar-refractivity contribution >= 4 is 28.9 Å².